The van der Waals surface area contributed by atoms with E-state index in [9.17, 15) is 35.2 Å². The van der Waals surface area contributed by atoms with Crippen molar-refractivity contribution in [2.24, 2.45) is 0 Å². The molecule has 0 saturated heterocycles. The van der Waals surface area contributed by atoms with E-state index in [2.05, 4.69) is 10.4 Å². The third-order valence-electron chi connectivity index (χ3n) is 5.05. The second kappa shape index (κ2) is 9.94. The summed E-state index contributed by atoms with van der Waals surface area (Å²) in [4.78, 5) is 12.6. The van der Waals surface area contributed by atoms with Crippen LogP contribution in [0.15, 0.2) is 42.5 Å². The molecule has 13 heteroatoms. The molecule has 1 unspecified atom stereocenters. The lowest BCUT2D eigenvalue weighted by molar-refractivity contribution is -0.141. The summed E-state index contributed by atoms with van der Waals surface area (Å²) in [5, 5.41) is 5.67. The summed E-state index contributed by atoms with van der Waals surface area (Å²) in [6, 6.07) is 7.69. The van der Waals surface area contributed by atoms with Crippen LogP contribution < -0.4 is 5.32 Å². The molecule has 1 aromatic heterocycles. The molecule has 0 bridgehead atoms. The van der Waals surface area contributed by atoms with E-state index in [0.29, 0.717) is 0 Å². The van der Waals surface area contributed by atoms with Crippen molar-refractivity contribution in [2.75, 3.05) is 6.26 Å². The van der Waals surface area contributed by atoms with Gasteiger partial charge in [-0.1, -0.05) is 23.7 Å². The van der Waals surface area contributed by atoms with E-state index < -0.39 is 50.9 Å². The minimum absolute atomic E-state index is 0.0488. The Morgan fingerprint density at radius 3 is 2.37 bits per heavy atom. The summed E-state index contributed by atoms with van der Waals surface area (Å²) in [7, 11) is -3.47. The maximum Gasteiger partial charge on any atom is 0.435 e. The van der Waals surface area contributed by atoms with Crippen LogP contribution in [0.25, 0.3) is 5.69 Å². The first-order valence-corrected chi connectivity index (χ1v) is 12.4. The molecular weight excluding hydrogens is 517 g/mol. The van der Waals surface area contributed by atoms with E-state index in [-0.39, 0.29) is 34.1 Å². The SMILES string of the molecule is CC(C(=O)NCc1cc(C(F)(F)F)nn1-c1ccc(F)c(Cl)c1)c1ccc(CS(C)(=O)=O)c(F)c1. The van der Waals surface area contributed by atoms with Crippen LogP contribution in [0, 0.1) is 11.6 Å². The van der Waals surface area contributed by atoms with Crippen LogP contribution >= 0.6 is 11.6 Å². The van der Waals surface area contributed by atoms with Gasteiger partial charge in [0.1, 0.15) is 11.6 Å². The van der Waals surface area contributed by atoms with E-state index >= 15 is 0 Å². The Hall–Kier alpha value is -2.99. The zero-order valence-corrected chi connectivity index (χ0v) is 19.9. The molecule has 3 aromatic rings. The molecule has 1 heterocycles. The molecule has 3 rings (SSSR count). The van der Waals surface area contributed by atoms with E-state index in [1.807, 2.05) is 0 Å². The fourth-order valence-corrected chi connectivity index (χ4v) is 4.21. The number of rotatable bonds is 7. The zero-order chi connectivity index (χ0) is 26.1. The highest BCUT2D eigenvalue weighted by atomic mass is 35.5. The minimum Gasteiger partial charge on any atom is -0.350 e. The van der Waals surface area contributed by atoms with Gasteiger partial charge in [-0.15, -0.1) is 0 Å². The van der Waals surface area contributed by atoms with Crippen molar-refractivity contribution in [1.82, 2.24) is 15.1 Å². The number of sulfone groups is 1. The van der Waals surface area contributed by atoms with Gasteiger partial charge in [0.05, 0.1) is 34.6 Å². The monoisotopic (exact) mass is 535 g/mol. The van der Waals surface area contributed by atoms with Crippen LogP contribution in [0.5, 0.6) is 0 Å². The lowest BCUT2D eigenvalue weighted by atomic mass is 9.99. The van der Waals surface area contributed by atoms with Gasteiger partial charge in [-0.2, -0.15) is 18.3 Å². The highest BCUT2D eigenvalue weighted by Crippen LogP contribution is 2.30. The standard InChI is InChI=1S/C22H19ClF5N3O3S/c1-12(13-3-4-14(19(25)7-13)11-35(2,33)34)21(32)29-10-16-9-20(22(26,27)28)30-31(16)15-5-6-18(24)17(23)8-15/h3-9,12H,10-11H2,1-2H3,(H,29,32). The van der Waals surface area contributed by atoms with Gasteiger partial charge in [0.25, 0.3) is 0 Å². The van der Waals surface area contributed by atoms with Crippen molar-refractivity contribution < 1.29 is 35.2 Å². The number of halogens is 6. The fourth-order valence-electron chi connectivity index (χ4n) is 3.24. The normalized spacial score (nSPS) is 13.0. The van der Waals surface area contributed by atoms with Crippen molar-refractivity contribution in [2.45, 2.75) is 31.3 Å². The average Bonchev–Trinajstić information content (AvgIpc) is 3.19. The first-order chi connectivity index (χ1) is 16.2. The summed E-state index contributed by atoms with van der Waals surface area (Å²) in [5.74, 6) is -3.60. The van der Waals surface area contributed by atoms with Crippen LogP contribution in [-0.2, 0) is 33.1 Å². The van der Waals surface area contributed by atoms with Gasteiger partial charge >= 0.3 is 6.18 Å². The number of nitrogens with zero attached hydrogens (tertiary/aromatic N) is 2. The molecule has 188 valence electrons. The number of alkyl halides is 3. The number of carbonyl (C=O) groups excluding carboxylic acids is 1. The molecule has 2 aromatic carbocycles. The van der Waals surface area contributed by atoms with E-state index in [0.717, 1.165) is 35.2 Å². The Kier molecular flexibility index (Phi) is 7.56. The van der Waals surface area contributed by atoms with Gasteiger partial charge in [0, 0.05) is 11.8 Å². The quantitative estimate of drug-likeness (QED) is 0.441. The molecule has 6 nitrogen and oxygen atoms in total. The number of aromatic nitrogens is 2. The van der Waals surface area contributed by atoms with Gasteiger partial charge < -0.3 is 5.32 Å². The number of nitrogens with one attached hydrogen (secondary N) is 1. The molecule has 0 aliphatic carbocycles. The van der Waals surface area contributed by atoms with E-state index in [4.69, 9.17) is 11.6 Å². The van der Waals surface area contributed by atoms with Gasteiger partial charge in [0.2, 0.25) is 5.91 Å². The second-order valence-electron chi connectivity index (χ2n) is 7.89. The van der Waals surface area contributed by atoms with Crippen LogP contribution in [-0.4, -0.2) is 30.4 Å². The molecule has 0 spiro atoms. The van der Waals surface area contributed by atoms with Crippen molar-refractivity contribution in [3.63, 3.8) is 0 Å². The molecule has 1 atom stereocenters. The van der Waals surface area contributed by atoms with E-state index in [1.54, 1.807) is 0 Å². The van der Waals surface area contributed by atoms with Crippen LogP contribution in [0.2, 0.25) is 5.02 Å². The zero-order valence-electron chi connectivity index (χ0n) is 18.3. The first-order valence-electron chi connectivity index (χ1n) is 10.0. The van der Waals surface area contributed by atoms with E-state index in [1.165, 1.54) is 25.1 Å². The lowest BCUT2D eigenvalue weighted by Crippen LogP contribution is -2.28. The summed E-state index contributed by atoms with van der Waals surface area (Å²) in [6.07, 6.45) is -3.81. The first kappa shape index (κ1) is 26.6. The van der Waals surface area contributed by atoms with Crippen LogP contribution in [0.1, 0.15) is 35.4 Å². The van der Waals surface area contributed by atoms with Crippen molar-refractivity contribution in [3.8, 4) is 5.69 Å². The molecule has 0 aliphatic heterocycles. The van der Waals surface area contributed by atoms with Crippen molar-refractivity contribution in [1.29, 1.82) is 0 Å². The number of hydrogen-bond acceptors (Lipinski definition) is 4. The highest BCUT2D eigenvalue weighted by molar-refractivity contribution is 7.89. The Bertz CT molecular complexity index is 1370. The van der Waals surface area contributed by atoms with Gasteiger partial charge in [-0.05, 0) is 42.8 Å². The summed E-state index contributed by atoms with van der Waals surface area (Å²) >= 11 is 5.74. The van der Waals surface area contributed by atoms with Crippen molar-refractivity contribution >= 4 is 27.3 Å². The van der Waals surface area contributed by atoms with Crippen LogP contribution in [0.3, 0.4) is 0 Å². The average molecular weight is 536 g/mol. The smallest absolute Gasteiger partial charge is 0.350 e. The maximum absolute atomic E-state index is 14.3. The molecule has 1 N–H and O–H groups in total. The molecule has 0 aliphatic rings. The van der Waals surface area contributed by atoms with Crippen molar-refractivity contribution in [3.05, 3.63) is 81.6 Å². The maximum atomic E-state index is 14.3. The number of carbonyl (C=O) groups is 1. The lowest BCUT2D eigenvalue weighted by Gasteiger charge is -2.14. The van der Waals surface area contributed by atoms with Gasteiger partial charge in [0.15, 0.2) is 15.5 Å². The Morgan fingerprint density at radius 2 is 1.80 bits per heavy atom. The molecular formula is C22H19ClF5N3O3S. The second-order valence-corrected chi connectivity index (χ2v) is 10.4. The molecule has 0 radical (unpaired) electrons. The van der Waals surface area contributed by atoms with Crippen LogP contribution in [0.4, 0.5) is 22.0 Å². The third-order valence-corrected chi connectivity index (χ3v) is 6.18. The fraction of sp³-hybridized carbons (Fsp3) is 0.273. The summed E-state index contributed by atoms with van der Waals surface area (Å²) in [5.41, 5.74) is -1.04. The molecule has 0 saturated carbocycles. The molecule has 0 fully saturated rings. The molecule has 35 heavy (non-hydrogen) atoms. The predicted molar refractivity (Wildman–Crippen MR) is 119 cm³/mol. The summed E-state index contributed by atoms with van der Waals surface area (Å²) < 4.78 is 91.2. The Labute approximate surface area is 202 Å². The Morgan fingerprint density at radius 1 is 1.11 bits per heavy atom. The number of amides is 1. The summed E-state index contributed by atoms with van der Waals surface area (Å²) in [6.45, 7) is 1.08. The third kappa shape index (κ3) is 6.57. The number of benzene rings is 2. The topological polar surface area (TPSA) is 81.1 Å². The Balaban J connectivity index is 1.82. The minimum atomic E-state index is -4.77. The predicted octanol–water partition coefficient (Wildman–Crippen LogP) is 4.79. The highest BCUT2D eigenvalue weighted by Gasteiger charge is 2.35. The van der Waals surface area contributed by atoms with Gasteiger partial charge in [-0.25, -0.2) is 21.9 Å². The molecule has 1 amide bonds. The van der Waals surface area contributed by atoms with Gasteiger partial charge in [-0.3, -0.25) is 4.79 Å². The largest absolute Gasteiger partial charge is 0.435 e. The number of hydrogen-bond donors (Lipinski definition) is 1.